The zero-order valence-corrected chi connectivity index (χ0v) is 13.8. The van der Waals surface area contributed by atoms with Gasteiger partial charge in [0.25, 0.3) is 0 Å². The van der Waals surface area contributed by atoms with Gasteiger partial charge in [-0.3, -0.25) is 4.68 Å². The molecule has 0 atom stereocenters. The van der Waals surface area contributed by atoms with E-state index in [1.165, 1.54) is 11.1 Å². The smallest absolute Gasteiger partial charge is 0.171 e. The van der Waals surface area contributed by atoms with Gasteiger partial charge in [-0.15, -0.1) is 0 Å². The molecule has 0 fully saturated rings. The summed E-state index contributed by atoms with van der Waals surface area (Å²) in [5, 5.41) is 11.2. The van der Waals surface area contributed by atoms with Gasteiger partial charge in [-0.2, -0.15) is 5.10 Å². The van der Waals surface area contributed by atoms with E-state index in [4.69, 9.17) is 17.0 Å². The summed E-state index contributed by atoms with van der Waals surface area (Å²) in [4.78, 5) is 0. The lowest BCUT2D eigenvalue weighted by Crippen LogP contribution is -2.30. The largest absolute Gasteiger partial charge is 0.385 e. The molecule has 0 unspecified atom stereocenters. The van der Waals surface area contributed by atoms with Crippen molar-refractivity contribution in [1.29, 1.82) is 0 Å². The van der Waals surface area contributed by atoms with Crippen molar-refractivity contribution >= 4 is 23.1 Å². The number of anilines is 1. The van der Waals surface area contributed by atoms with Crippen LogP contribution in [0.15, 0.2) is 36.5 Å². The maximum atomic E-state index is 5.23. The fraction of sp³-hybridized carbons (Fsp3) is 0.375. The summed E-state index contributed by atoms with van der Waals surface area (Å²) in [7, 11) is 1.69. The highest BCUT2D eigenvalue weighted by atomic mass is 32.1. The lowest BCUT2D eigenvalue weighted by atomic mass is 10.1. The molecule has 2 rings (SSSR count). The van der Waals surface area contributed by atoms with Crippen LogP contribution in [0, 0.1) is 6.92 Å². The first-order valence-corrected chi connectivity index (χ1v) is 7.71. The number of ether oxygens (including phenoxy) is 1. The Labute approximate surface area is 136 Å². The van der Waals surface area contributed by atoms with Crippen LogP contribution in [0.1, 0.15) is 17.5 Å². The zero-order valence-electron chi connectivity index (χ0n) is 13.0. The van der Waals surface area contributed by atoms with Crippen LogP contribution in [0.2, 0.25) is 0 Å². The first kappa shape index (κ1) is 16.5. The van der Waals surface area contributed by atoms with E-state index in [2.05, 4.69) is 46.9 Å². The number of hydrogen-bond donors (Lipinski definition) is 2. The van der Waals surface area contributed by atoms with Crippen molar-refractivity contribution in [3.05, 3.63) is 47.7 Å². The van der Waals surface area contributed by atoms with Gasteiger partial charge in [0.15, 0.2) is 10.9 Å². The highest BCUT2D eigenvalue weighted by molar-refractivity contribution is 7.80. The lowest BCUT2D eigenvalue weighted by molar-refractivity contribution is 0.196. The molecule has 5 nitrogen and oxygen atoms in total. The molecule has 118 valence electrons. The van der Waals surface area contributed by atoms with Crippen molar-refractivity contribution in [3.8, 4) is 0 Å². The normalized spacial score (nSPS) is 10.5. The van der Waals surface area contributed by atoms with Crippen LogP contribution >= 0.6 is 12.2 Å². The SMILES string of the molecule is COCCCNC(=S)Nc1ccn(Cc2ccc(C)cc2)n1. The molecule has 2 N–H and O–H groups in total. The summed E-state index contributed by atoms with van der Waals surface area (Å²) >= 11 is 5.23. The first-order chi connectivity index (χ1) is 10.7. The summed E-state index contributed by atoms with van der Waals surface area (Å²) < 4.78 is 6.88. The Morgan fingerprint density at radius 3 is 2.77 bits per heavy atom. The van der Waals surface area contributed by atoms with Crippen molar-refractivity contribution in [2.45, 2.75) is 19.9 Å². The van der Waals surface area contributed by atoms with Crippen molar-refractivity contribution in [2.24, 2.45) is 0 Å². The van der Waals surface area contributed by atoms with Gasteiger partial charge in [0.2, 0.25) is 0 Å². The minimum absolute atomic E-state index is 0.580. The van der Waals surface area contributed by atoms with Gasteiger partial charge >= 0.3 is 0 Å². The number of rotatable bonds is 7. The minimum Gasteiger partial charge on any atom is -0.385 e. The molecule has 0 saturated heterocycles. The summed E-state index contributed by atoms with van der Waals surface area (Å²) in [6, 6.07) is 10.4. The molecule has 0 saturated carbocycles. The topological polar surface area (TPSA) is 51.1 Å². The summed E-state index contributed by atoms with van der Waals surface area (Å²) in [6.07, 6.45) is 2.86. The summed E-state index contributed by atoms with van der Waals surface area (Å²) in [6.45, 7) is 4.33. The van der Waals surface area contributed by atoms with E-state index < -0.39 is 0 Å². The average Bonchev–Trinajstić information content (AvgIpc) is 2.93. The van der Waals surface area contributed by atoms with Gasteiger partial charge in [-0.1, -0.05) is 29.8 Å². The number of nitrogens with zero attached hydrogens (tertiary/aromatic N) is 2. The molecule has 0 spiro atoms. The standard InChI is InChI=1S/C16H22N4OS/c1-13-4-6-14(7-5-13)12-20-10-8-15(19-20)18-16(22)17-9-3-11-21-2/h4-8,10H,3,9,11-12H2,1-2H3,(H2,17,18,19,22). The molecule has 2 aromatic rings. The van der Waals surface area contributed by atoms with Crippen LogP contribution < -0.4 is 10.6 Å². The molecule has 1 aromatic carbocycles. The highest BCUT2D eigenvalue weighted by Gasteiger charge is 2.02. The third-order valence-electron chi connectivity index (χ3n) is 3.16. The van der Waals surface area contributed by atoms with Crippen molar-refractivity contribution in [1.82, 2.24) is 15.1 Å². The third-order valence-corrected chi connectivity index (χ3v) is 3.40. The van der Waals surface area contributed by atoms with Crippen LogP contribution in [-0.2, 0) is 11.3 Å². The summed E-state index contributed by atoms with van der Waals surface area (Å²) in [5.74, 6) is 0.747. The quantitative estimate of drug-likeness (QED) is 0.607. The first-order valence-electron chi connectivity index (χ1n) is 7.30. The molecular weight excluding hydrogens is 296 g/mol. The van der Waals surface area contributed by atoms with Crippen LogP contribution in [-0.4, -0.2) is 35.2 Å². The van der Waals surface area contributed by atoms with E-state index >= 15 is 0 Å². The molecule has 1 heterocycles. The predicted molar refractivity (Wildman–Crippen MR) is 93.2 cm³/mol. The molecule has 22 heavy (non-hydrogen) atoms. The lowest BCUT2D eigenvalue weighted by Gasteiger charge is -2.08. The van der Waals surface area contributed by atoms with Crippen molar-refractivity contribution in [2.75, 3.05) is 25.6 Å². The number of aryl methyl sites for hydroxylation is 1. The number of aromatic nitrogens is 2. The van der Waals surface area contributed by atoms with Crippen LogP contribution in [0.5, 0.6) is 0 Å². The van der Waals surface area contributed by atoms with Crippen molar-refractivity contribution < 1.29 is 4.74 Å². The second kappa shape index (κ2) is 8.51. The number of methoxy groups -OCH3 is 1. The van der Waals surface area contributed by atoms with Crippen molar-refractivity contribution in [3.63, 3.8) is 0 Å². The Balaban J connectivity index is 1.80. The number of nitrogens with one attached hydrogen (secondary N) is 2. The zero-order chi connectivity index (χ0) is 15.8. The molecule has 6 heteroatoms. The molecule has 0 aliphatic rings. The summed E-state index contributed by atoms with van der Waals surface area (Å²) in [5.41, 5.74) is 2.48. The van der Waals surface area contributed by atoms with Crippen LogP contribution in [0.25, 0.3) is 0 Å². The highest BCUT2D eigenvalue weighted by Crippen LogP contribution is 2.08. The fourth-order valence-corrected chi connectivity index (χ4v) is 2.18. The monoisotopic (exact) mass is 318 g/mol. The number of hydrogen-bond acceptors (Lipinski definition) is 3. The Hall–Kier alpha value is -1.92. The van der Waals surface area contributed by atoms with Gasteiger partial charge in [-0.25, -0.2) is 0 Å². The third kappa shape index (κ3) is 5.46. The molecule has 1 aromatic heterocycles. The van der Waals surface area contributed by atoms with E-state index in [1.54, 1.807) is 7.11 Å². The number of thiocarbonyl (C=S) groups is 1. The average molecular weight is 318 g/mol. The Kier molecular flexibility index (Phi) is 6.36. The van der Waals surface area contributed by atoms with Gasteiger partial charge in [0.1, 0.15) is 0 Å². The van der Waals surface area contributed by atoms with Gasteiger partial charge in [-0.05, 0) is 31.1 Å². The molecule has 0 radical (unpaired) electrons. The molecule has 0 amide bonds. The van der Waals surface area contributed by atoms with E-state index in [0.29, 0.717) is 5.11 Å². The Morgan fingerprint density at radius 1 is 1.27 bits per heavy atom. The molecule has 0 aliphatic carbocycles. The molecule has 0 aliphatic heterocycles. The molecular formula is C16H22N4OS. The maximum Gasteiger partial charge on any atom is 0.171 e. The Morgan fingerprint density at radius 2 is 2.05 bits per heavy atom. The maximum absolute atomic E-state index is 5.23. The van der Waals surface area contributed by atoms with Gasteiger partial charge < -0.3 is 15.4 Å². The second-order valence-corrected chi connectivity index (χ2v) is 5.52. The van der Waals surface area contributed by atoms with Gasteiger partial charge in [0, 0.05) is 32.5 Å². The second-order valence-electron chi connectivity index (χ2n) is 5.11. The fourth-order valence-electron chi connectivity index (χ4n) is 1.98. The van der Waals surface area contributed by atoms with Crippen LogP contribution in [0.3, 0.4) is 0 Å². The number of benzene rings is 1. The Bertz CT molecular complexity index is 594. The van der Waals surface area contributed by atoms with Crippen LogP contribution in [0.4, 0.5) is 5.82 Å². The minimum atomic E-state index is 0.580. The predicted octanol–water partition coefficient (Wildman–Crippen LogP) is 2.56. The van der Waals surface area contributed by atoms with E-state index in [9.17, 15) is 0 Å². The van der Waals surface area contributed by atoms with E-state index in [0.717, 1.165) is 31.9 Å². The van der Waals surface area contributed by atoms with E-state index in [1.807, 2.05) is 16.9 Å². The van der Waals surface area contributed by atoms with Gasteiger partial charge in [0.05, 0.1) is 6.54 Å². The van der Waals surface area contributed by atoms with E-state index in [-0.39, 0.29) is 0 Å². The molecule has 0 bridgehead atoms.